The largest absolute Gasteiger partial charge is 0.353 e. The summed E-state index contributed by atoms with van der Waals surface area (Å²) in [6, 6.07) is 12.2. The van der Waals surface area contributed by atoms with Crippen molar-refractivity contribution in [3.8, 4) is 11.4 Å². The summed E-state index contributed by atoms with van der Waals surface area (Å²) in [5.74, 6) is 1.25. The quantitative estimate of drug-likeness (QED) is 0.665. The van der Waals surface area contributed by atoms with Crippen molar-refractivity contribution < 1.29 is 4.79 Å². The fourth-order valence-corrected chi connectivity index (χ4v) is 4.22. The minimum Gasteiger partial charge on any atom is -0.353 e. The highest BCUT2D eigenvalue weighted by Crippen LogP contribution is 2.29. The average Bonchev–Trinajstić information content (AvgIpc) is 3.11. The molecule has 5 nitrogen and oxygen atoms in total. The minimum absolute atomic E-state index is 0.0862. The summed E-state index contributed by atoms with van der Waals surface area (Å²) in [6.07, 6.45) is 7.68. The van der Waals surface area contributed by atoms with Gasteiger partial charge in [0.25, 0.3) is 0 Å². The monoisotopic (exact) mass is 366 g/mol. The Bertz CT molecular complexity index is 868. The second-order valence-electron chi connectivity index (χ2n) is 6.65. The van der Waals surface area contributed by atoms with Gasteiger partial charge in [-0.1, -0.05) is 43.2 Å². The number of aromatic amines is 1. The first-order chi connectivity index (χ1) is 12.8. The molecule has 0 unspecified atom stereocenters. The maximum absolute atomic E-state index is 12.3. The third-order valence-electron chi connectivity index (χ3n) is 4.73. The molecule has 1 saturated carbocycles. The number of carbonyl (C=O) groups excluding carboxylic acids is 1. The summed E-state index contributed by atoms with van der Waals surface area (Å²) < 4.78 is 0. The lowest BCUT2D eigenvalue weighted by Crippen LogP contribution is -2.37. The number of nitrogens with one attached hydrogen (secondary N) is 2. The number of fused-ring (bicyclic) bond motifs is 1. The number of pyridine rings is 1. The predicted molar refractivity (Wildman–Crippen MR) is 105 cm³/mol. The summed E-state index contributed by atoms with van der Waals surface area (Å²) >= 11 is 1.47. The third kappa shape index (κ3) is 3.90. The van der Waals surface area contributed by atoms with Crippen molar-refractivity contribution in [1.29, 1.82) is 0 Å². The van der Waals surface area contributed by atoms with E-state index in [0.29, 0.717) is 11.8 Å². The molecule has 2 N–H and O–H groups in total. The fraction of sp³-hybridized carbons (Fsp3) is 0.350. The van der Waals surface area contributed by atoms with Crippen molar-refractivity contribution in [3.05, 3.63) is 42.6 Å². The van der Waals surface area contributed by atoms with Crippen LogP contribution in [-0.2, 0) is 4.79 Å². The molecule has 1 aliphatic rings. The van der Waals surface area contributed by atoms with Gasteiger partial charge in [0, 0.05) is 17.8 Å². The van der Waals surface area contributed by atoms with E-state index in [0.717, 1.165) is 40.3 Å². The number of para-hydroxylation sites is 2. The number of amides is 1. The van der Waals surface area contributed by atoms with Crippen LogP contribution in [0, 0.1) is 0 Å². The molecule has 0 bridgehead atoms. The first kappa shape index (κ1) is 17.1. The van der Waals surface area contributed by atoms with Gasteiger partial charge < -0.3 is 10.3 Å². The summed E-state index contributed by atoms with van der Waals surface area (Å²) in [4.78, 5) is 24.8. The van der Waals surface area contributed by atoms with Crippen LogP contribution in [0.25, 0.3) is 22.4 Å². The molecule has 6 heteroatoms. The van der Waals surface area contributed by atoms with Crippen LogP contribution in [0.2, 0.25) is 0 Å². The number of nitrogens with zero attached hydrogens (tertiary/aromatic N) is 2. The molecule has 26 heavy (non-hydrogen) atoms. The molecule has 4 rings (SSSR count). The lowest BCUT2D eigenvalue weighted by molar-refractivity contribution is -0.119. The van der Waals surface area contributed by atoms with Crippen LogP contribution in [0.4, 0.5) is 0 Å². The molecule has 0 spiro atoms. The van der Waals surface area contributed by atoms with Crippen molar-refractivity contribution >= 4 is 28.7 Å². The van der Waals surface area contributed by atoms with Gasteiger partial charge in [0.05, 0.1) is 16.8 Å². The fourth-order valence-electron chi connectivity index (χ4n) is 3.42. The average molecular weight is 366 g/mol. The second-order valence-corrected chi connectivity index (χ2v) is 7.61. The molecule has 1 aliphatic carbocycles. The van der Waals surface area contributed by atoms with Gasteiger partial charge >= 0.3 is 0 Å². The van der Waals surface area contributed by atoms with Crippen LogP contribution < -0.4 is 5.32 Å². The van der Waals surface area contributed by atoms with Crippen molar-refractivity contribution in [2.24, 2.45) is 0 Å². The molecule has 134 valence electrons. The van der Waals surface area contributed by atoms with Crippen LogP contribution in [0.3, 0.4) is 0 Å². The van der Waals surface area contributed by atoms with Crippen molar-refractivity contribution in [2.75, 3.05) is 5.75 Å². The zero-order valence-electron chi connectivity index (χ0n) is 14.6. The molecule has 1 amide bonds. The Hall–Kier alpha value is -2.34. The molecule has 2 aromatic heterocycles. The molecule has 0 saturated heterocycles. The normalized spacial score (nSPS) is 15.2. The predicted octanol–water partition coefficient (Wildman–Crippen LogP) is 4.17. The van der Waals surface area contributed by atoms with E-state index in [2.05, 4.69) is 20.3 Å². The number of hydrogen-bond acceptors (Lipinski definition) is 4. The van der Waals surface area contributed by atoms with Gasteiger partial charge in [-0.05, 0) is 37.1 Å². The van der Waals surface area contributed by atoms with Crippen LogP contribution in [0.15, 0.2) is 47.6 Å². The maximum atomic E-state index is 12.3. The van der Waals surface area contributed by atoms with Gasteiger partial charge in [-0.3, -0.25) is 4.79 Å². The number of imidazole rings is 1. The van der Waals surface area contributed by atoms with E-state index >= 15 is 0 Å². The van der Waals surface area contributed by atoms with E-state index in [9.17, 15) is 4.79 Å². The van der Waals surface area contributed by atoms with E-state index in [1.807, 2.05) is 36.4 Å². The van der Waals surface area contributed by atoms with Crippen LogP contribution >= 0.6 is 11.8 Å². The number of H-pyrrole nitrogens is 1. The van der Waals surface area contributed by atoms with Gasteiger partial charge in [0.2, 0.25) is 5.91 Å². The lowest BCUT2D eigenvalue weighted by Gasteiger charge is -2.22. The lowest BCUT2D eigenvalue weighted by atomic mass is 9.95. The number of hydrogen-bond donors (Lipinski definition) is 2. The van der Waals surface area contributed by atoms with Gasteiger partial charge in [-0.2, -0.15) is 0 Å². The van der Waals surface area contributed by atoms with Crippen molar-refractivity contribution in [2.45, 2.75) is 43.2 Å². The van der Waals surface area contributed by atoms with Gasteiger partial charge in [-0.25, -0.2) is 9.97 Å². The standard InChI is InChI=1S/C20H22N4OS/c25-18(22-14-7-2-1-3-8-14)13-26-20-15(9-6-12-21-20)19-23-16-10-4-5-11-17(16)24-19/h4-6,9-12,14H,1-3,7-8,13H2,(H,22,25)(H,23,24). The van der Waals surface area contributed by atoms with Gasteiger partial charge in [0.15, 0.2) is 0 Å². The first-order valence-corrected chi connectivity index (χ1v) is 10.1. The molecule has 0 radical (unpaired) electrons. The zero-order valence-corrected chi connectivity index (χ0v) is 15.4. The Morgan fingerprint density at radius 2 is 2.00 bits per heavy atom. The summed E-state index contributed by atoms with van der Waals surface area (Å²) in [7, 11) is 0. The molecular weight excluding hydrogens is 344 g/mol. The smallest absolute Gasteiger partial charge is 0.230 e. The first-order valence-electron chi connectivity index (χ1n) is 9.12. The number of carbonyl (C=O) groups is 1. The SMILES string of the molecule is O=C(CSc1ncccc1-c1nc2ccccc2[nH]1)NC1CCCCC1. The van der Waals surface area contributed by atoms with E-state index in [1.165, 1.54) is 31.0 Å². The molecule has 3 aromatic rings. The van der Waals surface area contributed by atoms with E-state index in [1.54, 1.807) is 6.20 Å². The highest BCUT2D eigenvalue weighted by atomic mass is 32.2. The highest BCUT2D eigenvalue weighted by molar-refractivity contribution is 8.00. The Kier molecular flexibility index (Phi) is 5.20. The number of aromatic nitrogens is 3. The molecule has 0 aliphatic heterocycles. The Morgan fingerprint density at radius 3 is 2.85 bits per heavy atom. The van der Waals surface area contributed by atoms with Gasteiger partial charge in [-0.15, -0.1) is 0 Å². The summed E-state index contributed by atoms with van der Waals surface area (Å²) in [6.45, 7) is 0. The number of benzene rings is 1. The van der Waals surface area contributed by atoms with Crippen LogP contribution in [-0.4, -0.2) is 32.7 Å². The Morgan fingerprint density at radius 1 is 1.15 bits per heavy atom. The highest BCUT2D eigenvalue weighted by Gasteiger charge is 2.17. The zero-order chi connectivity index (χ0) is 17.8. The summed E-state index contributed by atoms with van der Waals surface area (Å²) in [5, 5.41) is 3.98. The van der Waals surface area contributed by atoms with E-state index in [-0.39, 0.29) is 5.91 Å². The van der Waals surface area contributed by atoms with E-state index in [4.69, 9.17) is 0 Å². The van der Waals surface area contributed by atoms with Gasteiger partial charge in [0.1, 0.15) is 10.9 Å². The number of rotatable bonds is 5. The van der Waals surface area contributed by atoms with Crippen LogP contribution in [0.1, 0.15) is 32.1 Å². The second kappa shape index (κ2) is 7.91. The summed E-state index contributed by atoms with van der Waals surface area (Å²) in [5.41, 5.74) is 2.86. The molecular formula is C20H22N4OS. The van der Waals surface area contributed by atoms with Crippen molar-refractivity contribution in [3.63, 3.8) is 0 Å². The number of thioether (sulfide) groups is 1. The topological polar surface area (TPSA) is 70.7 Å². The van der Waals surface area contributed by atoms with E-state index < -0.39 is 0 Å². The third-order valence-corrected chi connectivity index (χ3v) is 5.73. The Labute approximate surface area is 157 Å². The van der Waals surface area contributed by atoms with Crippen molar-refractivity contribution in [1.82, 2.24) is 20.3 Å². The molecule has 2 heterocycles. The maximum Gasteiger partial charge on any atom is 0.230 e. The van der Waals surface area contributed by atoms with Crippen LogP contribution in [0.5, 0.6) is 0 Å². The molecule has 1 aromatic carbocycles. The molecule has 0 atom stereocenters. The Balaban J connectivity index is 1.46. The minimum atomic E-state index is 0.0862. The molecule has 1 fully saturated rings.